The molecule has 28 heavy (non-hydrogen) atoms. The minimum atomic E-state index is -0.479. The molecule has 4 nitrogen and oxygen atoms in total. The summed E-state index contributed by atoms with van der Waals surface area (Å²) in [7, 11) is 1.31. The van der Waals surface area contributed by atoms with E-state index in [1.165, 1.54) is 31.0 Å². The van der Waals surface area contributed by atoms with Crippen molar-refractivity contribution in [3.63, 3.8) is 0 Å². The third-order valence-corrected chi connectivity index (χ3v) is 5.62. The Balaban J connectivity index is 1.86. The Morgan fingerprint density at radius 2 is 1.86 bits per heavy atom. The zero-order valence-corrected chi connectivity index (χ0v) is 15.8. The van der Waals surface area contributed by atoms with Crippen LogP contribution in [0.3, 0.4) is 0 Å². The van der Waals surface area contributed by atoms with Crippen LogP contribution in [0.25, 0.3) is 0 Å². The highest BCUT2D eigenvalue weighted by molar-refractivity contribution is 7.99. The Hall–Kier alpha value is -3.12. The van der Waals surface area contributed by atoms with Crippen LogP contribution >= 0.6 is 11.8 Å². The molecule has 1 aliphatic heterocycles. The van der Waals surface area contributed by atoms with Crippen LogP contribution in [0.4, 0.5) is 10.1 Å². The van der Waals surface area contributed by atoms with Crippen molar-refractivity contribution in [2.24, 2.45) is 0 Å². The molecule has 140 valence electrons. The van der Waals surface area contributed by atoms with Crippen molar-refractivity contribution < 1.29 is 18.7 Å². The summed E-state index contributed by atoms with van der Waals surface area (Å²) < 4.78 is 18.5. The number of anilines is 1. The van der Waals surface area contributed by atoms with Crippen LogP contribution in [-0.2, 0) is 11.3 Å². The second-order valence-corrected chi connectivity index (χ2v) is 7.38. The fourth-order valence-corrected chi connectivity index (χ4v) is 4.20. The minimum Gasteiger partial charge on any atom is -0.465 e. The van der Waals surface area contributed by atoms with E-state index in [9.17, 15) is 14.0 Å². The van der Waals surface area contributed by atoms with E-state index in [-0.39, 0.29) is 18.3 Å². The molecule has 0 unspecified atom stereocenters. The SMILES string of the molecule is COC(=O)c1ccc2c(c1)N(Cc1cccc(F)c1)C(=O)c1ccccc1S2. The van der Waals surface area contributed by atoms with Crippen molar-refractivity contribution in [2.75, 3.05) is 12.0 Å². The van der Waals surface area contributed by atoms with Crippen LogP contribution < -0.4 is 4.90 Å². The molecule has 1 aliphatic rings. The first-order valence-electron chi connectivity index (χ1n) is 8.62. The lowest BCUT2D eigenvalue weighted by Gasteiger charge is -2.23. The van der Waals surface area contributed by atoms with Gasteiger partial charge in [0.1, 0.15) is 5.82 Å². The van der Waals surface area contributed by atoms with Gasteiger partial charge >= 0.3 is 5.97 Å². The van der Waals surface area contributed by atoms with Gasteiger partial charge in [-0.15, -0.1) is 0 Å². The Labute approximate surface area is 165 Å². The number of rotatable bonds is 3. The molecule has 0 spiro atoms. The molecule has 3 aromatic rings. The van der Waals surface area contributed by atoms with Gasteiger partial charge in [0.25, 0.3) is 5.91 Å². The van der Waals surface area contributed by atoms with Crippen molar-refractivity contribution >= 4 is 29.3 Å². The summed E-state index contributed by atoms with van der Waals surface area (Å²) >= 11 is 1.46. The Bertz CT molecular complexity index is 1080. The highest BCUT2D eigenvalue weighted by Gasteiger charge is 2.28. The normalized spacial score (nSPS) is 12.8. The van der Waals surface area contributed by atoms with Gasteiger partial charge < -0.3 is 9.64 Å². The van der Waals surface area contributed by atoms with Gasteiger partial charge in [-0.05, 0) is 48.0 Å². The summed E-state index contributed by atoms with van der Waals surface area (Å²) in [5.74, 6) is -1.04. The number of ether oxygens (including phenoxy) is 1. The summed E-state index contributed by atoms with van der Waals surface area (Å²) in [4.78, 5) is 28.6. The summed E-state index contributed by atoms with van der Waals surface area (Å²) in [6, 6.07) is 18.6. The van der Waals surface area contributed by atoms with Crippen LogP contribution in [0.15, 0.2) is 76.5 Å². The van der Waals surface area contributed by atoms with Crippen LogP contribution in [-0.4, -0.2) is 19.0 Å². The average molecular weight is 393 g/mol. The van der Waals surface area contributed by atoms with E-state index in [1.807, 2.05) is 18.2 Å². The highest BCUT2D eigenvalue weighted by Crippen LogP contribution is 2.42. The molecule has 1 heterocycles. The van der Waals surface area contributed by atoms with E-state index >= 15 is 0 Å². The van der Waals surface area contributed by atoms with Crippen molar-refractivity contribution in [1.82, 2.24) is 0 Å². The fraction of sp³-hybridized carbons (Fsp3) is 0.0909. The Morgan fingerprint density at radius 1 is 1.04 bits per heavy atom. The minimum absolute atomic E-state index is 0.184. The number of hydrogen-bond donors (Lipinski definition) is 0. The van der Waals surface area contributed by atoms with E-state index in [0.29, 0.717) is 22.4 Å². The molecule has 0 fully saturated rings. The van der Waals surface area contributed by atoms with Crippen LogP contribution in [0, 0.1) is 5.82 Å². The summed E-state index contributed by atoms with van der Waals surface area (Å²) in [6.45, 7) is 0.184. The summed E-state index contributed by atoms with van der Waals surface area (Å²) in [5.41, 5.74) is 2.18. The molecule has 0 N–H and O–H groups in total. The quantitative estimate of drug-likeness (QED) is 0.593. The molecule has 1 amide bonds. The zero-order valence-electron chi connectivity index (χ0n) is 15.0. The lowest BCUT2D eigenvalue weighted by molar-refractivity contribution is 0.0600. The van der Waals surface area contributed by atoms with Gasteiger partial charge in [0.15, 0.2) is 0 Å². The van der Waals surface area contributed by atoms with Crippen LogP contribution in [0.5, 0.6) is 0 Å². The number of esters is 1. The maximum Gasteiger partial charge on any atom is 0.337 e. The van der Waals surface area contributed by atoms with Crippen molar-refractivity contribution in [3.8, 4) is 0 Å². The van der Waals surface area contributed by atoms with Crippen LogP contribution in [0.1, 0.15) is 26.3 Å². The van der Waals surface area contributed by atoms with E-state index in [4.69, 9.17) is 4.74 Å². The Kier molecular flexibility index (Phi) is 4.88. The third-order valence-electron chi connectivity index (χ3n) is 4.48. The van der Waals surface area contributed by atoms with Gasteiger partial charge in [-0.2, -0.15) is 0 Å². The number of carbonyl (C=O) groups is 2. The van der Waals surface area contributed by atoms with Crippen LogP contribution in [0.2, 0.25) is 0 Å². The van der Waals surface area contributed by atoms with E-state index in [1.54, 1.807) is 41.3 Å². The van der Waals surface area contributed by atoms with Gasteiger partial charge in [0.2, 0.25) is 0 Å². The van der Waals surface area contributed by atoms with E-state index in [0.717, 1.165) is 9.79 Å². The lowest BCUT2D eigenvalue weighted by atomic mass is 10.1. The maximum atomic E-state index is 13.7. The molecule has 0 saturated heterocycles. The first-order chi connectivity index (χ1) is 13.6. The highest BCUT2D eigenvalue weighted by atomic mass is 32.2. The molecule has 0 bridgehead atoms. The number of halogens is 1. The number of methoxy groups -OCH3 is 1. The number of nitrogens with zero attached hydrogens (tertiary/aromatic N) is 1. The molecular weight excluding hydrogens is 377 g/mol. The van der Waals surface area contributed by atoms with E-state index < -0.39 is 5.97 Å². The average Bonchev–Trinajstić information content (AvgIpc) is 2.82. The standard InChI is InChI=1S/C22H16FNO3S/c1-27-22(26)15-9-10-20-18(12-15)24(13-14-5-4-6-16(23)11-14)21(25)17-7-2-3-8-19(17)28-20/h2-12H,13H2,1H3. The number of benzene rings is 3. The second kappa shape index (κ2) is 7.48. The first-order valence-corrected chi connectivity index (χ1v) is 9.44. The monoisotopic (exact) mass is 393 g/mol. The molecule has 4 rings (SSSR count). The summed E-state index contributed by atoms with van der Waals surface area (Å²) in [6.07, 6.45) is 0. The predicted molar refractivity (Wildman–Crippen MR) is 105 cm³/mol. The first kappa shape index (κ1) is 18.3. The number of carbonyl (C=O) groups excluding carboxylic acids is 2. The molecule has 0 aromatic heterocycles. The Morgan fingerprint density at radius 3 is 2.64 bits per heavy atom. The van der Waals surface area contributed by atoms with Crippen molar-refractivity contribution in [2.45, 2.75) is 16.3 Å². The van der Waals surface area contributed by atoms with Crippen molar-refractivity contribution in [3.05, 3.63) is 89.2 Å². The van der Waals surface area contributed by atoms with Gasteiger partial charge in [-0.1, -0.05) is 36.0 Å². The number of amides is 1. The van der Waals surface area contributed by atoms with Gasteiger partial charge in [-0.3, -0.25) is 4.79 Å². The molecule has 0 aliphatic carbocycles. The lowest BCUT2D eigenvalue weighted by Crippen LogP contribution is -2.30. The predicted octanol–water partition coefficient (Wildman–Crippen LogP) is 4.92. The third kappa shape index (κ3) is 3.39. The van der Waals surface area contributed by atoms with Gasteiger partial charge in [-0.25, -0.2) is 9.18 Å². The van der Waals surface area contributed by atoms with E-state index in [2.05, 4.69) is 0 Å². The smallest absolute Gasteiger partial charge is 0.337 e. The molecule has 0 radical (unpaired) electrons. The topological polar surface area (TPSA) is 46.6 Å². The van der Waals surface area contributed by atoms with Crippen molar-refractivity contribution in [1.29, 1.82) is 0 Å². The van der Waals surface area contributed by atoms with Gasteiger partial charge in [0.05, 0.1) is 30.5 Å². The second-order valence-electron chi connectivity index (χ2n) is 6.29. The molecule has 3 aromatic carbocycles. The number of hydrogen-bond acceptors (Lipinski definition) is 4. The molecule has 0 atom stereocenters. The zero-order chi connectivity index (χ0) is 19.7. The van der Waals surface area contributed by atoms with Gasteiger partial charge in [0, 0.05) is 9.79 Å². The maximum absolute atomic E-state index is 13.7. The largest absolute Gasteiger partial charge is 0.465 e. The summed E-state index contributed by atoms with van der Waals surface area (Å²) in [5, 5.41) is 0. The molecule has 6 heteroatoms. The molecular formula is C22H16FNO3S. The fourth-order valence-electron chi connectivity index (χ4n) is 3.14. The number of fused-ring (bicyclic) bond motifs is 2. The molecule has 0 saturated carbocycles.